The second-order valence-electron chi connectivity index (χ2n) is 9.42. The van der Waals surface area contributed by atoms with Crippen molar-refractivity contribution in [2.24, 2.45) is 11.8 Å². The molecule has 1 N–H and O–H groups in total. The van der Waals surface area contributed by atoms with Crippen LogP contribution in [0.2, 0.25) is 0 Å². The van der Waals surface area contributed by atoms with Gasteiger partial charge in [0.1, 0.15) is 12.4 Å². The number of nitrogens with zero attached hydrogens (tertiary/aromatic N) is 2. The Balaban J connectivity index is 1.89. The van der Waals surface area contributed by atoms with Crippen LogP contribution in [0.25, 0.3) is 0 Å². The predicted octanol–water partition coefficient (Wildman–Crippen LogP) is 3.64. The van der Waals surface area contributed by atoms with Crippen molar-refractivity contribution in [1.82, 2.24) is 9.80 Å². The van der Waals surface area contributed by atoms with Crippen molar-refractivity contribution in [2.75, 3.05) is 45.7 Å². The first-order valence-electron chi connectivity index (χ1n) is 11.9. The topological polar surface area (TPSA) is 71.1 Å². The largest absolute Gasteiger partial charge is 0.491 e. The van der Waals surface area contributed by atoms with E-state index >= 15 is 0 Å². The Morgan fingerprint density at radius 2 is 2.00 bits per heavy atom. The smallest absolute Gasteiger partial charge is 0.257 e. The van der Waals surface area contributed by atoms with Crippen molar-refractivity contribution >= 4 is 17.5 Å². The van der Waals surface area contributed by atoms with Crippen LogP contribution >= 0.6 is 0 Å². The zero-order chi connectivity index (χ0) is 23.3. The maximum atomic E-state index is 13.4. The van der Waals surface area contributed by atoms with Gasteiger partial charge in [-0.1, -0.05) is 20.3 Å². The lowest BCUT2D eigenvalue weighted by atomic mass is 9.85. The van der Waals surface area contributed by atoms with Gasteiger partial charge in [-0.3, -0.25) is 14.5 Å². The van der Waals surface area contributed by atoms with E-state index in [-0.39, 0.29) is 35.8 Å². The van der Waals surface area contributed by atoms with Gasteiger partial charge in [0.25, 0.3) is 5.91 Å². The molecule has 1 aliphatic heterocycles. The Kier molecular flexibility index (Phi) is 8.54. The summed E-state index contributed by atoms with van der Waals surface area (Å²) in [6, 6.07) is 5.57. The molecule has 0 aromatic heterocycles. The lowest BCUT2D eigenvalue weighted by Crippen LogP contribution is -2.46. The van der Waals surface area contributed by atoms with Gasteiger partial charge >= 0.3 is 0 Å². The van der Waals surface area contributed by atoms with Crippen LogP contribution in [0.5, 0.6) is 5.75 Å². The number of rotatable bonds is 5. The van der Waals surface area contributed by atoms with Crippen LogP contribution in [0.4, 0.5) is 5.69 Å². The van der Waals surface area contributed by atoms with E-state index < -0.39 is 0 Å². The first-order valence-corrected chi connectivity index (χ1v) is 11.9. The minimum absolute atomic E-state index is 0.0307. The van der Waals surface area contributed by atoms with E-state index in [1.807, 2.05) is 6.07 Å². The van der Waals surface area contributed by atoms with Crippen molar-refractivity contribution in [2.45, 2.75) is 58.6 Å². The molecule has 0 bridgehead atoms. The number of hydrogen-bond donors (Lipinski definition) is 1. The molecule has 1 aliphatic carbocycles. The molecule has 32 heavy (non-hydrogen) atoms. The van der Waals surface area contributed by atoms with Gasteiger partial charge in [0.05, 0.1) is 11.7 Å². The predicted molar refractivity (Wildman–Crippen MR) is 126 cm³/mol. The summed E-state index contributed by atoms with van der Waals surface area (Å²) in [5.74, 6) is 0.793. The number of carbonyl (C=O) groups is 2. The molecular weight excluding hydrogens is 406 g/mol. The Labute approximate surface area is 192 Å². The molecule has 2 amide bonds. The Morgan fingerprint density at radius 3 is 2.62 bits per heavy atom. The van der Waals surface area contributed by atoms with Crippen LogP contribution in [0, 0.1) is 11.8 Å². The summed E-state index contributed by atoms with van der Waals surface area (Å²) >= 11 is 0. The number of methoxy groups -OCH3 is 1. The SMILES string of the molecule is CCCN1C[C@H](C)[C@H](OC)CN(C)C(=O)c2cc(NC(=O)C3CCC3)ccc2OC[C@H]1C. The maximum Gasteiger partial charge on any atom is 0.257 e. The van der Waals surface area contributed by atoms with Crippen molar-refractivity contribution < 1.29 is 19.1 Å². The molecule has 3 rings (SSSR count). The van der Waals surface area contributed by atoms with E-state index in [2.05, 4.69) is 31.0 Å². The van der Waals surface area contributed by atoms with E-state index in [0.717, 1.165) is 38.8 Å². The summed E-state index contributed by atoms with van der Waals surface area (Å²) in [6.45, 7) is 9.37. The third-order valence-electron chi connectivity index (χ3n) is 6.83. The van der Waals surface area contributed by atoms with Crippen LogP contribution in [-0.2, 0) is 9.53 Å². The highest BCUT2D eigenvalue weighted by atomic mass is 16.5. The fraction of sp³-hybridized carbons (Fsp3) is 0.680. The zero-order valence-corrected chi connectivity index (χ0v) is 20.2. The average Bonchev–Trinajstić information content (AvgIpc) is 2.73. The minimum atomic E-state index is -0.132. The summed E-state index contributed by atoms with van der Waals surface area (Å²) in [6.07, 6.45) is 3.97. The average molecular weight is 446 g/mol. The quantitative estimate of drug-likeness (QED) is 0.749. The van der Waals surface area contributed by atoms with Gasteiger partial charge in [0.2, 0.25) is 5.91 Å². The van der Waals surface area contributed by atoms with Crippen LogP contribution in [0.15, 0.2) is 18.2 Å². The number of carbonyl (C=O) groups excluding carboxylic acids is 2. The summed E-state index contributed by atoms with van der Waals surface area (Å²) in [7, 11) is 3.51. The fourth-order valence-corrected chi connectivity index (χ4v) is 4.44. The number of hydrogen-bond acceptors (Lipinski definition) is 5. The fourth-order valence-electron chi connectivity index (χ4n) is 4.44. The molecule has 0 spiro atoms. The van der Waals surface area contributed by atoms with Gasteiger partial charge in [-0.25, -0.2) is 0 Å². The normalized spacial score (nSPS) is 25.7. The number of ether oxygens (including phenoxy) is 2. The van der Waals surface area contributed by atoms with Gasteiger partial charge in [-0.15, -0.1) is 0 Å². The third kappa shape index (κ3) is 5.81. The monoisotopic (exact) mass is 445 g/mol. The molecular formula is C25H39N3O4. The highest BCUT2D eigenvalue weighted by molar-refractivity contribution is 5.99. The molecule has 3 atom stereocenters. The number of likely N-dealkylation sites (N-methyl/N-ethyl adjacent to an activating group) is 1. The number of fused-ring (bicyclic) bond motifs is 1. The highest BCUT2D eigenvalue weighted by Crippen LogP contribution is 2.30. The minimum Gasteiger partial charge on any atom is -0.491 e. The molecule has 1 heterocycles. The molecule has 1 aromatic carbocycles. The van der Waals surface area contributed by atoms with E-state index in [4.69, 9.17) is 9.47 Å². The molecule has 7 heteroatoms. The van der Waals surface area contributed by atoms with Crippen LogP contribution in [-0.4, -0.2) is 74.2 Å². The highest BCUT2D eigenvalue weighted by Gasteiger charge is 2.29. The number of amides is 2. The number of benzene rings is 1. The van der Waals surface area contributed by atoms with Crippen LogP contribution < -0.4 is 10.1 Å². The molecule has 2 aliphatic rings. The number of nitrogens with one attached hydrogen (secondary N) is 1. The molecule has 0 unspecified atom stereocenters. The van der Waals surface area contributed by atoms with Gasteiger partial charge in [-0.05, 0) is 56.8 Å². The first-order chi connectivity index (χ1) is 15.3. The van der Waals surface area contributed by atoms with Crippen molar-refractivity contribution in [1.29, 1.82) is 0 Å². The standard InChI is InChI=1S/C25H39N3O4/c1-6-12-28-14-17(2)23(31-5)15-27(4)25(30)21-13-20(26-24(29)19-8-7-9-19)10-11-22(21)32-16-18(28)3/h10-11,13,17-19,23H,6-9,12,14-16H2,1-5H3,(H,26,29)/t17-,18+,23+/m0/s1. The summed E-state index contributed by atoms with van der Waals surface area (Å²) in [5, 5.41) is 2.98. The van der Waals surface area contributed by atoms with Crippen LogP contribution in [0.3, 0.4) is 0 Å². The molecule has 1 fully saturated rings. The lowest BCUT2D eigenvalue weighted by Gasteiger charge is -2.36. The van der Waals surface area contributed by atoms with Gasteiger partial charge in [-0.2, -0.15) is 0 Å². The Bertz CT molecular complexity index is 795. The molecule has 1 aromatic rings. The molecule has 0 radical (unpaired) electrons. The molecule has 0 saturated heterocycles. The zero-order valence-electron chi connectivity index (χ0n) is 20.2. The maximum absolute atomic E-state index is 13.4. The summed E-state index contributed by atoms with van der Waals surface area (Å²) in [4.78, 5) is 29.9. The number of anilines is 1. The molecule has 7 nitrogen and oxygen atoms in total. The molecule has 178 valence electrons. The van der Waals surface area contributed by atoms with E-state index in [1.165, 1.54) is 0 Å². The van der Waals surface area contributed by atoms with E-state index in [1.54, 1.807) is 31.2 Å². The second kappa shape index (κ2) is 11.1. The first kappa shape index (κ1) is 24.5. The lowest BCUT2D eigenvalue weighted by molar-refractivity contribution is -0.122. The van der Waals surface area contributed by atoms with E-state index in [9.17, 15) is 9.59 Å². The van der Waals surface area contributed by atoms with E-state index in [0.29, 0.717) is 30.2 Å². The van der Waals surface area contributed by atoms with Gasteiger partial charge in [0.15, 0.2) is 0 Å². The Morgan fingerprint density at radius 1 is 1.25 bits per heavy atom. The van der Waals surface area contributed by atoms with Gasteiger partial charge in [0, 0.05) is 44.9 Å². The Hall–Kier alpha value is -2.12. The summed E-state index contributed by atoms with van der Waals surface area (Å²) < 4.78 is 12.0. The third-order valence-corrected chi connectivity index (χ3v) is 6.83. The summed E-state index contributed by atoms with van der Waals surface area (Å²) in [5.41, 5.74) is 1.10. The molecule has 1 saturated carbocycles. The second-order valence-corrected chi connectivity index (χ2v) is 9.42. The van der Waals surface area contributed by atoms with Crippen LogP contribution in [0.1, 0.15) is 56.8 Å². The van der Waals surface area contributed by atoms with Crippen molar-refractivity contribution in [3.8, 4) is 5.75 Å². The van der Waals surface area contributed by atoms with Crippen molar-refractivity contribution in [3.05, 3.63) is 23.8 Å². The van der Waals surface area contributed by atoms with Gasteiger partial charge < -0.3 is 19.7 Å². The van der Waals surface area contributed by atoms with Crippen molar-refractivity contribution in [3.63, 3.8) is 0 Å².